The van der Waals surface area contributed by atoms with Crippen molar-refractivity contribution < 1.29 is 4.74 Å². The third-order valence-corrected chi connectivity index (χ3v) is 4.03. The van der Waals surface area contributed by atoms with E-state index >= 15 is 0 Å². The van der Waals surface area contributed by atoms with Crippen LogP contribution >= 0.6 is 12.4 Å². The van der Waals surface area contributed by atoms with Crippen LogP contribution in [0.3, 0.4) is 0 Å². The van der Waals surface area contributed by atoms with E-state index in [1.807, 2.05) is 54.6 Å². The van der Waals surface area contributed by atoms with Crippen molar-refractivity contribution in [2.24, 2.45) is 0 Å². The predicted molar refractivity (Wildman–Crippen MR) is 103 cm³/mol. The monoisotopic (exact) mass is 350 g/mol. The lowest BCUT2D eigenvalue weighted by Gasteiger charge is -2.10. The molecule has 0 aliphatic heterocycles. The molecule has 0 saturated carbocycles. The molecule has 4 rings (SSSR count). The summed E-state index contributed by atoms with van der Waals surface area (Å²) in [5.41, 5.74) is 3.38. The maximum Gasteiger partial charge on any atom is 0.148 e. The van der Waals surface area contributed by atoms with E-state index in [0.717, 1.165) is 29.2 Å². The van der Waals surface area contributed by atoms with Crippen LogP contribution in [-0.4, -0.2) is 9.55 Å². The number of hydrogen-bond acceptors (Lipinski definition) is 2. The first-order valence-electron chi connectivity index (χ1n) is 8.06. The Morgan fingerprint density at radius 2 is 1.40 bits per heavy atom. The Kier molecular flexibility index (Phi) is 5.36. The molecule has 1 heterocycles. The number of rotatable bonds is 5. The van der Waals surface area contributed by atoms with Gasteiger partial charge in [0.15, 0.2) is 0 Å². The first kappa shape index (κ1) is 17.1. The SMILES string of the molecule is Cl.c1ccc(Cn2c(COc3ccccc3)nc3ccccc32)cc1. The van der Waals surface area contributed by atoms with Gasteiger partial charge in [-0.25, -0.2) is 4.98 Å². The third kappa shape index (κ3) is 3.83. The second-order valence-corrected chi connectivity index (χ2v) is 5.69. The van der Waals surface area contributed by atoms with Crippen LogP contribution in [0.15, 0.2) is 84.9 Å². The maximum atomic E-state index is 5.92. The van der Waals surface area contributed by atoms with E-state index in [-0.39, 0.29) is 12.4 Å². The van der Waals surface area contributed by atoms with Gasteiger partial charge in [0.25, 0.3) is 0 Å². The lowest BCUT2D eigenvalue weighted by Crippen LogP contribution is -2.08. The number of nitrogens with zero attached hydrogens (tertiary/aromatic N) is 2. The molecular weight excluding hydrogens is 332 g/mol. The van der Waals surface area contributed by atoms with Crippen molar-refractivity contribution in [2.75, 3.05) is 0 Å². The fourth-order valence-corrected chi connectivity index (χ4v) is 2.84. The minimum atomic E-state index is 0. The van der Waals surface area contributed by atoms with Gasteiger partial charge in [0.2, 0.25) is 0 Å². The highest BCUT2D eigenvalue weighted by atomic mass is 35.5. The highest BCUT2D eigenvalue weighted by Gasteiger charge is 2.11. The Bertz CT molecular complexity index is 936. The van der Waals surface area contributed by atoms with Crippen molar-refractivity contribution in [3.8, 4) is 5.75 Å². The number of para-hydroxylation sites is 3. The van der Waals surface area contributed by atoms with Gasteiger partial charge >= 0.3 is 0 Å². The first-order chi connectivity index (χ1) is 11.9. The summed E-state index contributed by atoms with van der Waals surface area (Å²) in [5, 5.41) is 0. The fourth-order valence-electron chi connectivity index (χ4n) is 2.84. The molecule has 126 valence electrons. The second-order valence-electron chi connectivity index (χ2n) is 5.69. The van der Waals surface area contributed by atoms with Gasteiger partial charge in [-0.3, -0.25) is 0 Å². The molecule has 1 aromatic heterocycles. The zero-order chi connectivity index (χ0) is 16.2. The quantitative estimate of drug-likeness (QED) is 0.501. The first-order valence-corrected chi connectivity index (χ1v) is 8.06. The van der Waals surface area contributed by atoms with Crippen LogP contribution in [0.1, 0.15) is 11.4 Å². The van der Waals surface area contributed by atoms with E-state index in [4.69, 9.17) is 9.72 Å². The Morgan fingerprint density at radius 1 is 0.760 bits per heavy atom. The molecular formula is C21H19ClN2O. The van der Waals surface area contributed by atoms with Crippen LogP contribution in [0.25, 0.3) is 11.0 Å². The highest BCUT2D eigenvalue weighted by molar-refractivity contribution is 5.85. The standard InChI is InChI=1S/C21H18N2O.ClH/c1-3-9-17(10-4-1)15-23-20-14-8-7-13-19(20)22-21(23)16-24-18-11-5-2-6-12-18;/h1-14H,15-16H2;1H. The fraction of sp³-hybridized carbons (Fsp3) is 0.0952. The molecule has 0 atom stereocenters. The number of hydrogen-bond donors (Lipinski definition) is 0. The van der Waals surface area contributed by atoms with Crippen molar-refractivity contribution in [1.29, 1.82) is 0 Å². The van der Waals surface area contributed by atoms with Crippen molar-refractivity contribution in [3.05, 3.63) is 96.3 Å². The summed E-state index contributed by atoms with van der Waals surface area (Å²) in [6.07, 6.45) is 0. The normalized spacial score (nSPS) is 10.4. The molecule has 3 aromatic carbocycles. The Hall–Kier alpha value is -2.78. The Labute approximate surface area is 153 Å². The zero-order valence-corrected chi connectivity index (χ0v) is 14.5. The summed E-state index contributed by atoms with van der Waals surface area (Å²) >= 11 is 0. The van der Waals surface area contributed by atoms with Gasteiger partial charge in [-0.05, 0) is 29.8 Å². The van der Waals surface area contributed by atoms with Crippen LogP contribution in [0.5, 0.6) is 5.75 Å². The molecule has 0 unspecified atom stereocenters. The second kappa shape index (κ2) is 7.86. The summed E-state index contributed by atoms with van der Waals surface area (Å²) in [7, 11) is 0. The molecule has 0 fully saturated rings. The van der Waals surface area contributed by atoms with E-state index in [1.54, 1.807) is 0 Å². The largest absolute Gasteiger partial charge is 0.486 e. The van der Waals surface area contributed by atoms with Crippen molar-refractivity contribution in [1.82, 2.24) is 9.55 Å². The summed E-state index contributed by atoms with van der Waals surface area (Å²) in [6.45, 7) is 1.24. The van der Waals surface area contributed by atoms with Crippen molar-refractivity contribution in [3.63, 3.8) is 0 Å². The minimum Gasteiger partial charge on any atom is -0.486 e. The zero-order valence-electron chi connectivity index (χ0n) is 13.7. The lowest BCUT2D eigenvalue weighted by molar-refractivity contribution is 0.291. The minimum absolute atomic E-state index is 0. The van der Waals surface area contributed by atoms with Crippen LogP contribution < -0.4 is 4.74 Å². The van der Waals surface area contributed by atoms with Gasteiger partial charge in [0, 0.05) is 6.54 Å². The van der Waals surface area contributed by atoms with E-state index in [0.29, 0.717) is 6.61 Å². The van der Waals surface area contributed by atoms with Gasteiger partial charge in [0.1, 0.15) is 18.2 Å². The number of aromatic nitrogens is 2. The molecule has 0 aliphatic carbocycles. The number of benzene rings is 3. The molecule has 0 spiro atoms. The molecule has 0 bridgehead atoms. The Balaban J connectivity index is 0.00000182. The van der Waals surface area contributed by atoms with Gasteiger partial charge in [-0.2, -0.15) is 0 Å². The van der Waals surface area contributed by atoms with Gasteiger partial charge in [-0.15, -0.1) is 12.4 Å². The maximum absolute atomic E-state index is 5.92. The molecule has 4 aromatic rings. The highest BCUT2D eigenvalue weighted by Crippen LogP contribution is 2.19. The Morgan fingerprint density at radius 3 is 2.16 bits per heavy atom. The van der Waals surface area contributed by atoms with Gasteiger partial charge < -0.3 is 9.30 Å². The van der Waals surface area contributed by atoms with E-state index in [1.165, 1.54) is 5.56 Å². The smallest absolute Gasteiger partial charge is 0.148 e. The molecule has 4 heteroatoms. The van der Waals surface area contributed by atoms with Gasteiger partial charge in [-0.1, -0.05) is 60.7 Å². The molecule has 0 N–H and O–H groups in total. The third-order valence-electron chi connectivity index (χ3n) is 4.03. The molecule has 0 radical (unpaired) electrons. The van der Waals surface area contributed by atoms with E-state index in [2.05, 4.69) is 34.9 Å². The van der Waals surface area contributed by atoms with Crippen LogP contribution in [0.4, 0.5) is 0 Å². The number of ether oxygens (including phenoxy) is 1. The summed E-state index contributed by atoms with van der Waals surface area (Å²) < 4.78 is 8.15. The number of fused-ring (bicyclic) bond motifs is 1. The average molecular weight is 351 g/mol. The predicted octanol–water partition coefficient (Wildman–Crippen LogP) is 5.09. The molecule has 25 heavy (non-hydrogen) atoms. The number of halogens is 1. The average Bonchev–Trinajstić information content (AvgIpc) is 2.99. The summed E-state index contributed by atoms with van der Waals surface area (Å²) in [5.74, 6) is 1.79. The van der Waals surface area contributed by atoms with Crippen LogP contribution in [0, 0.1) is 0 Å². The molecule has 3 nitrogen and oxygen atoms in total. The van der Waals surface area contributed by atoms with E-state index < -0.39 is 0 Å². The van der Waals surface area contributed by atoms with Crippen LogP contribution in [0.2, 0.25) is 0 Å². The lowest BCUT2D eigenvalue weighted by atomic mass is 10.2. The molecule has 0 aliphatic rings. The number of imidazole rings is 1. The molecule has 0 saturated heterocycles. The molecule has 0 amide bonds. The van der Waals surface area contributed by atoms with Crippen molar-refractivity contribution >= 4 is 23.4 Å². The van der Waals surface area contributed by atoms with Crippen LogP contribution in [-0.2, 0) is 13.2 Å². The van der Waals surface area contributed by atoms with Crippen molar-refractivity contribution in [2.45, 2.75) is 13.2 Å². The van der Waals surface area contributed by atoms with E-state index in [9.17, 15) is 0 Å². The summed E-state index contributed by atoms with van der Waals surface area (Å²) in [4.78, 5) is 4.76. The van der Waals surface area contributed by atoms with Gasteiger partial charge in [0.05, 0.1) is 11.0 Å². The summed E-state index contributed by atoms with van der Waals surface area (Å²) in [6, 6.07) is 28.5. The topological polar surface area (TPSA) is 27.1 Å².